The molecule has 3 rings (SSSR count). The highest BCUT2D eigenvalue weighted by Crippen LogP contribution is 2.29. The lowest BCUT2D eigenvalue weighted by Gasteiger charge is -2.16. The molecule has 3 aromatic rings. The average molecular weight is 255 g/mol. The number of aromatic nitrogens is 1. The predicted octanol–water partition coefficient (Wildman–Crippen LogP) is 2.85. The largest absolute Gasteiger partial charge is 0.271 e. The summed E-state index contributed by atoms with van der Waals surface area (Å²) in [7, 11) is 0. The zero-order valence-electron chi connectivity index (χ0n) is 9.71. The van der Waals surface area contributed by atoms with Crippen molar-refractivity contribution in [1.82, 2.24) is 10.4 Å². The lowest BCUT2D eigenvalue weighted by atomic mass is 10.0. The van der Waals surface area contributed by atoms with Crippen LogP contribution in [-0.2, 0) is 0 Å². The Morgan fingerprint density at radius 3 is 2.78 bits per heavy atom. The van der Waals surface area contributed by atoms with Gasteiger partial charge in [0.2, 0.25) is 0 Å². The van der Waals surface area contributed by atoms with E-state index in [4.69, 9.17) is 5.84 Å². The number of benzene rings is 1. The Hall–Kier alpha value is -1.75. The van der Waals surface area contributed by atoms with Gasteiger partial charge in [0, 0.05) is 16.5 Å². The van der Waals surface area contributed by atoms with Crippen LogP contribution in [0.25, 0.3) is 10.9 Å². The Kier molecular flexibility index (Phi) is 3.06. The van der Waals surface area contributed by atoms with E-state index in [2.05, 4.69) is 27.9 Å². The fourth-order valence-corrected chi connectivity index (χ4v) is 2.95. The Labute approximate surface area is 109 Å². The highest BCUT2D eigenvalue weighted by atomic mass is 32.1. The SMILES string of the molecule is NNC(c1cccs1)c1ccnc2ccccc12. The molecule has 1 unspecified atom stereocenters. The van der Waals surface area contributed by atoms with Gasteiger partial charge in [0.05, 0.1) is 11.6 Å². The van der Waals surface area contributed by atoms with Gasteiger partial charge in [0.15, 0.2) is 0 Å². The monoisotopic (exact) mass is 255 g/mol. The summed E-state index contributed by atoms with van der Waals surface area (Å²) in [4.78, 5) is 5.58. The fourth-order valence-electron chi connectivity index (χ4n) is 2.15. The molecule has 0 bridgehead atoms. The predicted molar refractivity (Wildman–Crippen MR) is 75.2 cm³/mol. The molecule has 0 saturated carbocycles. The minimum atomic E-state index is 0.0119. The smallest absolute Gasteiger partial charge is 0.0809 e. The number of thiophene rings is 1. The maximum absolute atomic E-state index is 5.72. The molecule has 0 aliphatic heterocycles. The van der Waals surface area contributed by atoms with Crippen molar-refractivity contribution in [3.63, 3.8) is 0 Å². The topological polar surface area (TPSA) is 50.9 Å². The molecule has 0 fully saturated rings. The molecule has 3 N–H and O–H groups in total. The second kappa shape index (κ2) is 4.86. The Bertz CT molecular complexity index is 644. The number of nitrogens with one attached hydrogen (secondary N) is 1. The third kappa shape index (κ3) is 1.90. The van der Waals surface area contributed by atoms with E-state index in [0.29, 0.717) is 0 Å². The third-order valence-corrected chi connectivity index (χ3v) is 3.93. The lowest BCUT2D eigenvalue weighted by Crippen LogP contribution is -2.28. The summed E-state index contributed by atoms with van der Waals surface area (Å²) >= 11 is 1.70. The molecule has 0 amide bonds. The number of nitrogens with zero attached hydrogens (tertiary/aromatic N) is 1. The molecule has 18 heavy (non-hydrogen) atoms. The Morgan fingerprint density at radius 1 is 1.11 bits per heavy atom. The van der Waals surface area contributed by atoms with Crippen LogP contribution in [0.5, 0.6) is 0 Å². The maximum Gasteiger partial charge on any atom is 0.0809 e. The van der Waals surface area contributed by atoms with Crippen molar-refractivity contribution in [2.45, 2.75) is 6.04 Å². The number of hydrazine groups is 1. The van der Waals surface area contributed by atoms with Gasteiger partial charge in [0.1, 0.15) is 0 Å². The van der Waals surface area contributed by atoms with E-state index in [1.807, 2.05) is 36.5 Å². The number of fused-ring (bicyclic) bond motifs is 1. The van der Waals surface area contributed by atoms with Gasteiger partial charge in [0.25, 0.3) is 0 Å². The zero-order chi connectivity index (χ0) is 12.4. The molecule has 0 saturated heterocycles. The molecule has 3 nitrogen and oxygen atoms in total. The highest BCUT2D eigenvalue weighted by Gasteiger charge is 2.15. The first-order chi connectivity index (χ1) is 8.90. The van der Waals surface area contributed by atoms with E-state index >= 15 is 0 Å². The fraction of sp³-hybridized carbons (Fsp3) is 0.0714. The van der Waals surface area contributed by atoms with Gasteiger partial charge in [-0.2, -0.15) is 0 Å². The van der Waals surface area contributed by atoms with E-state index in [0.717, 1.165) is 16.5 Å². The standard InChI is InChI=1S/C14H13N3S/c15-17-14(13-6-3-9-18-13)11-7-8-16-12-5-2-1-4-10(11)12/h1-9,14,17H,15H2. The van der Waals surface area contributed by atoms with Crippen LogP contribution in [0.1, 0.15) is 16.5 Å². The van der Waals surface area contributed by atoms with Crippen LogP contribution in [0, 0.1) is 0 Å². The van der Waals surface area contributed by atoms with Gasteiger partial charge in [-0.1, -0.05) is 24.3 Å². The van der Waals surface area contributed by atoms with Crippen LogP contribution in [0.4, 0.5) is 0 Å². The van der Waals surface area contributed by atoms with Crippen molar-refractivity contribution < 1.29 is 0 Å². The average Bonchev–Trinajstić information content (AvgIpc) is 2.94. The molecular weight excluding hydrogens is 242 g/mol. The molecule has 0 aliphatic carbocycles. The first kappa shape index (κ1) is 11.3. The summed E-state index contributed by atoms with van der Waals surface area (Å²) in [5.74, 6) is 5.72. The number of rotatable bonds is 3. The molecule has 1 atom stereocenters. The van der Waals surface area contributed by atoms with Crippen LogP contribution < -0.4 is 11.3 Å². The number of hydrogen-bond acceptors (Lipinski definition) is 4. The molecule has 90 valence electrons. The van der Waals surface area contributed by atoms with E-state index in [9.17, 15) is 0 Å². The summed E-state index contributed by atoms with van der Waals surface area (Å²) < 4.78 is 0. The van der Waals surface area contributed by atoms with Crippen molar-refractivity contribution in [2.24, 2.45) is 5.84 Å². The van der Waals surface area contributed by atoms with Crippen LogP contribution in [-0.4, -0.2) is 4.98 Å². The summed E-state index contributed by atoms with van der Waals surface area (Å²) in [6, 6.07) is 14.3. The minimum absolute atomic E-state index is 0.0119. The number of para-hydroxylation sites is 1. The van der Waals surface area contributed by atoms with Gasteiger partial charge < -0.3 is 0 Å². The first-order valence-electron chi connectivity index (χ1n) is 5.73. The quantitative estimate of drug-likeness (QED) is 0.559. The van der Waals surface area contributed by atoms with Gasteiger partial charge in [-0.05, 0) is 29.1 Å². The van der Waals surface area contributed by atoms with Gasteiger partial charge in [-0.3, -0.25) is 10.8 Å². The number of hydrogen-bond donors (Lipinski definition) is 2. The molecular formula is C14H13N3S. The van der Waals surface area contributed by atoms with Gasteiger partial charge in [-0.15, -0.1) is 11.3 Å². The maximum atomic E-state index is 5.72. The second-order valence-corrected chi connectivity index (χ2v) is 5.01. The van der Waals surface area contributed by atoms with Crippen LogP contribution in [0.3, 0.4) is 0 Å². The summed E-state index contributed by atoms with van der Waals surface area (Å²) in [5, 5.41) is 3.19. The van der Waals surface area contributed by atoms with Gasteiger partial charge in [-0.25, -0.2) is 5.43 Å². The van der Waals surface area contributed by atoms with Crippen LogP contribution in [0.15, 0.2) is 54.0 Å². The van der Waals surface area contributed by atoms with Crippen molar-refractivity contribution >= 4 is 22.2 Å². The third-order valence-electron chi connectivity index (χ3n) is 2.99. The van der Waals surface area contributed by atoms with Crippen LogP contribution in [0.2, 0.25) is 0 Å². The Morgan fingerprint density at radius 2 is 2.00 bits per heavy atom. The minimum Gasteiger partial charge on any atom is -0.271 e. The molecule has 1 aromatic carbocycles. The number of nitrogens with two attached hydrogens (primary N) is 1. The first-order valence-corrected chi connectivity index (χ1v) is 6.61. The molecule has 4 heteroatoms. The number of pyridine rings is 1. The Balaban J connectivity index is 2.18. The highest BCUT2D eigenvalue weighted by molar-refractivity contribution is 7.10. The second-order valence-electron chi connectivity index (χ2n) is 4.03. The van der Waals surface area contributed by atoms with Gasteiger partial charge >= 0.3 is 0 Å². The molecule has 2 heterocycles. The van der Waals surface area contributed by atoms with E-state index < -0.39 is 0 Å². The van der Waals surface area contributed by atoms with E-state index in [-0.39, 0.29) is 6.04 Å². The van der Waals surface area contributed by atoms with Crippen molar-refractivity contribution in [2.75, 3.05) is 0 Å². The van der Waals surface area contributed by atoms with Crippen molar-refractivity contribution in [3.05, 3.63) is 64.5 Å². The summed E-state index contributed by atoms with van der Waals surface area (Å²) in [5.41, 5.74) is 5.05. The molecule has 0 radical (unpaired) electrons. The van der Waals surface area contributed by atoms with Crippen molar-refractivity contribution in [1.29, 1.82) is 0 Å². The van der Waals surface area contributed by atoms with E-state index in [1.54, 1.807) is 11.3 Å². The summed E-state index contributed by atoms with van der Waals surface area (Å²) in [6.07, 6.45) is 1.83. The molecule has 0 aliphatic rings. The molecule has 0 spiro atoms. The zero-order valence-corrected chi connectivity index (χ0v) is 10.5. The van der Waals surface area contributed by atoms with E-state index in [1.165, 1.54) is 4.88 Å². The lowest BCUT2D eigenvalue weighted by molar-refractivity contribution is 0.650. The molecule has 2 aromatic heterocycles. The normalized spacial score (nSPS) is 12.7. The summed E-state index contributed by atoms with van der Waals surface area (Å²) in [6.45, 7) is 0. The van der Waals surface area contributed by atoms with Crippen LogP contribution >= 0.6 is 11.3 Å². The van der Waals surface area contributed by atoms with Crippen molar-refractivity contribution in [3.8, 4) is 0 Å².